The number of rotatable bonds is 32. The predicted molar refractivity (Wildman–Crippen MR) is 271 cm³/mol. The van der Waals surface area contributed by atoms with E-state index in [9.17, 15) is 48.6 Å². The molecule has 0 aliphatic carbocycles. The number of benzene rings is 2. The van der Waals surface area contributed by atoms with E-state index in [2.05, 4.69) is 47.2 Å². The Morgan fingerprint density at radius 3 is 1.74 bits per heavy atom. The van der Waals surface area contributed by atoms with Crippen LogP contribution in [0.15, 0.2) is 64.6 Å². The van der Waals surface area contributed by atoms with Crippen LogP contribution in [0.25, 0.3) is 0 Å². The lowest BCUT2D eigenvalue weighted by Crippen LogP contribution is -2.60. The number of aliphatic imine (C=N–C) groups is 2. The van der Waals surface area contributed by atoms with Crippen molar-refractivity contribution >= 4 is 59.2 Å². The largest absolute Gasteiger partial charge is 0.508 e. The Bertz CT molecular complexity index is 2150. The van der Waals surface area contributed by atoms with E-state index < -0.39 is 103 Å². The van der Waals surface area contributed by atoms with Crippen LogP contribution in [0, 0.1) is 11.8 Å². The summed E-state index contributed by atoms with van der Waals surface area (Å²) in [5.74, 6) is -7.09. The molecule has 2 rings (SSSR count). The fourth-order valence-electron chi connectivity index (χ4n) is 7.36. The highest BCUT2D eigenvalue weighted by atomic mass is 16.4. The van der Waals surface area contributed by atoms with E-state index in [4.69, 9.17) is 22.9 Å². The van der Waals surface area contributed by atoms with E-state index in [1.807, 2.05) is 13.8 Å². The van der Waals surface area contributed by atoms with Gasteiger partial charge in [0.05, 0.1) is 19.1 Å². The number of phenolic OH excluding ortho intramolecular Hbond substituents is 1. The molecule has 2 aromatic rings. The highest BCUT2D eigenvalue weighted by Gasteiger charge is 2.36. The number of aliphatic carboxylic acids is 1. The van der Waals surface area contributed by atoms with Gasteiger partial charge in [-0.05, 0) is 80.7 Å². The Morgan fingerprint density at radius 1 is 0.639 bits per heavy atom. The summed E-state index contributed by atoms with van der Waals surface area (Å²) in [6.45, 7) is 6.23. The Morgan fingerprint density at radius 2 is 1.18 bits per heavy atom. The quantitative estimate of drug-likeness (QED) is 0.0215. The minimum absolute atomic E-state index is 0.00722. The second-order valence-corrected chi connectivity index (χ2v) is 17.8. The molecular weight excluding hydrogens is 933 g/mol. The molecule has 2 aromatic carbocycles. The summed E-state index contributed by atoms with van der Waals surface area (Å²) in [5, 5.41) is 38.0. The van der Waals surface area contributed by atoms with Crippen molar-refractivity contribution in [3.8, 4) is 5.75 Å². The molecule has 0 unspecified atom stereocenters. The monoisotopic (exact) mass is 1010 g/mol. The van der Waals surface area contributed by atoms with Crippen molar-refractivity contribution in [3.63, 3.8) is 0 Å². The molecular formula is C48H76N14O10. The summed E-state index contributed by atoms with van der Waals surface area (Å²) in [4.78, 5) is 117. The zero-order valence-corrected chi connectivity index (χ0v) is 42.1. The van der Waals surface area contributed by atoms with Gasteiger partial charge in [-0.3, -0.25) is 43.5 Å². The van der Waals surface area contributed by atoms with E-state index in [-0.39, 0.29) is 81.6 Å². The lowest BCUT2D eigenvalue weighted by Gasteiger charge is -2.33. The standard InChI is InChI=1S/C48H76N14O10/c1-7-29(4)40(46(71)72)61-44(69)37(16-12-22-55-48(51)52)62(6)45(70)33(15-11-21-54-47(49)50)59-42(67)35(23-28(2)3)60-43(68)36(25-30-13-9-8-10-14-30)58-39(65)27-56-38(64)26-57-41(66)34(53-5)24-31-17-19-32(63)20-18-31/h8-10,13-14,17-20,28-29,33-37,40,53,63H,7,11-12,15-16,21-27H2,1-6H3,(H,56,64)(H,57,66)(H,58,65)(H,59,67)(H,60,68)(H,61,69)(H,71,72)(H4,49,50,54)(H4,51,52,55)/t29-,33-,34-,35-,36-,37-,40-/m0/s1. The molecule has 0 spiro atoms. The number of nitrogens with one attached hydrogen (secondary N) is 7. The molecule has 7 atom stereocenters. The Hall–Kier alpha value is -7.50. The van der Waals surface area contributed by atoms with Crippen LogP contribution in [0.1, 0.15) is 77.3 Å². The number of guanidine groups is 2. The number of phenols is 1. The Balaban J connectivity index is 2.34. The topological polar surface area (TPSA) is 393 Å². The van der Waals surface area contributed by atoms with Gasteiger partial charge in [-0.1, -0.05) is 76.6 Å². The second-order valence-electron chi connectivity index (χ2n) is 17.8. The lowest BCUT2D eigenvalue weighted by atomic mass is 9.98. The van der Waals surface area contributed by atoms with Gasteiger partial charge in [0.2, 0.25) is 41.4 Å². The van der Waals surface area contributed by atoms with Gasteiger partial charge in [0.25, 0.3) is 0 Å². The van der Waals surface area contributed by atoms with Gasteiger partial charge in [-0.25, -0.2) is 4.79 Å². The van der Waals surface area contributed by atoms with Crippen LogP contribution in [0.4, 0.5) is 0 Å². The van der Waals surface area contributed by atoms with Gasteiger partial charge in [0.1, 0.15) is 36.0 Å². The minimum atomic E-state index is -1.31. The van der Waals surface area contributed by atoms with E-state index in [0.717, 1.165) is 10.5 Å². The fraction of sp³-hybridized carbons (Fsp3) is 0.542. The van der Waals surface area contributed by atoms with Crippen LogP contribution < -0.4 is 60.2 Å². The molecule has 17 N–H and O–H groups in total. The average molecular weight is 1010 g/mol. The summed E-state index contributed by atoms with van der Waals surface area (Å²) >= 11 is 0. The Kier molecular flexibility index (Phi) is 26.7. The minimum Gasteiger partial charge on any atom is -0.508 e. The number of carbonyl (C=O) groups is 8. The molecule has 24 nitrogen and oxygen atoms in total. The molecule has 0 radical (unpaired) electrons. The zero-order valence-electron chi connectivity index (χ0n) is 42.1. The van der Waals surface area contributed by atoms with Crippen molar-refractivity contribution in [2.75, 3.05) is 40.3 Å². The SMILES string of the molecule is CC[C@H](C)[C@H](NC(=O)[C@H](CCCN=C(N)N)N(C)C(=O)[C@H](CCCN=C(N)N)NC(=O)[C@H](CC(C)C)NC(=O)[C@H](Cc1ccccc1)NC(=O)CNC(=O)CNC(=O)[C@H](Cc1ccc(O)cc1)NC)C(=O)O. The highest BCUT2D eigenvalue weighted by molar-refractivity contribution is 5.97. The van der Waals surface area contributed by atoms with Gasteiger partial charge in [-0.15, -0.1) is 0 Å². The molecule has 0 aliphatic rings. The van der Waals surface area contributed by atoms with Crippen molar-refractivity contribution in [1.82, 2.24) is 42.1 Å². The fourth-order valence-corrected chi connectivity index (χ4v) is 7.36. The van der Waals surface area contributed by atoms with Crippen LogP contribution in [0.2, 0.25) is 0 Å². The van der Waals surface area contributed by atoms with E-state index in [0.29, 0.717) is 12.0 Å². The first kappa shape index (κ1) is 60.6. The summed E-state index contributed by atoms with van der Waals surface area (Å²) < 4.78 is 0. The molecule has 0 saturated carbocycles. The summed E-state index contributed by atoms with van der Waals surface area (Å²) in [6, 6.07) is 8.04. The highest BCUT2D eigenvalue weighted by Crippen LogP contribution is 2.16. The first-order valence-electron chi connectivity index (χ1n) is 23.9. The second kappa shape index (κ2) is 31.7. The molecule has 0 aliphatic heterocycles. The molecule has 398 valence electrons. The van der Waals surface area contributed by atoms with Crippen molar-refractivity contribution in [1.29, 1.82) is 0 Å². The number of nitrogens with zero attached hydrogens (tertiary/aromatic N) is 3. The first-order chi connectivity index (χ1) is 34.1. The van der Waals surface area contributed by atoms with Gasteiger partial charge in [0, 0.05) is 26.6 Å². The number of carbonyl (C=O) groups excluding carboxylic acids is 7. The number of nitrogens with two attached hydrogens (primary N) is 4. The van der Waals surface area contributed by atoms with Gasteiger partial charge < -0.3 is 75.3 Å². The molecule has 0 aromatic heterocycles. The Labute approximate surface area is 420 Å². The molecule has 0 fully saturated rings. The molecule has 72 heavy (non-hydrogen) atoms. The normalized spacial score (nSPS) is 13.8. The van der Waals surface area contributed by atoms with Gasteiger partial charge in [-0.2, -0.15) is 0 Å². The average Bonchev–Trinajstić information content (AvgIpc) is 3.33. The predicted octanol–water partition coefficient (Wildman–Crippen LogP) is -1.95. The lowest BCUT2D eigenvalue weighted by molar-refractivity contribution is -0.146. The summed E-state index contributed by atoms with van der Waals surface area (Å²) in [5.41, 5.74) is 23.5. The van der Waals surface area contributed by atoms with E-state index >= 15 is 0 Å². The smallest absolute Gasteiger partial charge is 0.326 e. The van der Waals surface area contributed by atoms with Crippen LogP contribution in [-0.2, 0) is 51.2 Å². The summed E-state index contributed by atoms with van der Waals surface area (Å²) in [6.07, 6.45) is 1.15. The summed E-state index contributed by atoms with van der Waals surface area (Å²) in [7, 11) is 2.94. The number of amides is 7. The van der Waals surface area contributed by atoms with Crippen molar-refractivity contribution in [2.24, 2.45) is 44.8 Å². The zero-order chi connectivity index (χ0) is 53.9. The van der Waals surface area contributed by atoms with E-state index in [1.54, 1.807) is 63.4 Å². The molecule has 7 amide bonds. The van der Waals surface area contributed by atoms with Crippen LogP contribution in [0.3, 0.4) is 0 Å². The van der Waals surface area contributed by atoms with Crippen LogP contribution >= 0.6 is 0 Å². The van der Waals surface area contributed by atoms with Crippen molar-refractivity contribution < 1.29 is 48.6 Å². The number of likely N-dealkylation sites (N-methyl/N-ethyl adjacent to an activating group) is 2. The van der Waals surface area contributed by atoms with Crippen LogP contribution in [-0.4, -0.2) is 151 Å². The molecule has 0 heterocycles. The number of aromatic hydroxyl groups is 1. The number of carboxylic acid groups (broad SMARTS) is 1. The van der Waals surface area contributed by atoms with E-state index in [1.165, 1.54) is 19.2 Å². The maximum Gasteiger partial charge on any atom is 0.326 e. The van der Waals surface area contributed by atoms with Gasteiger partial charge >= 0.3 is 5.97 Å². The molecule has 24 heteroatoms. The molecule has 0 saturated heterocycles. The van der Waals surface area contributed by atoms with Gasteiger partial charge in [0.15, 0.2) is 11.9 Å². The molecule has 0 bridgehead atoms. The van der Waals surface area contributed by atoms with Crippen LogP contribution in [0.5, 0.6) is 5.75 Å². The number of hydrogen-bond donors (Lipinski definition) is 13. The third kappa shape index (κ3) is 22.5. The third-order valence-electron chi connectivity index (χ3n) is 11.6. The van der Waals surface area contributed by atoms with Crippen molar-refractivity contribution in [3.05, 3.63) is 65.7 Å². The first-order valence-corrected chi connectivity index (χ1v) is 23.9. The third-order valence-corrected chi connectivity index (χ3v) is 11.6. The van der Waals surface area contributed by atoms with Crippen molar-refractivity contribution in [2.45, 2.75) is 115 Å². The maximum absolute atomic E-state index is 14.5. The maximum atomic E-state index is 14.5. The number of hydrogen-bond acceptors (Lipinski definition) is 12. The number of carboxylic acids is 1.